The van der Waals surface area contributed by atoms with Gasteiger partial charge >= 0.3 is 6.01 Å². The third-order valence-electron chi connectivity index (χ3n) is 2.85. The number of nitrogens with two attached hydrogens (primary N) is 1. The van der Waals surface area contributed by atoms with Crippen LogP contribution in [0.1, 0.15) is 34.6 Å². The summed E-state index contributed by atoms with van der Waals surface area (Å²) in [5, 5.41) is 0. The Labute approximate surface area is 109 Å². The van der Waals surface area contributed by atoms with Crippen LogP contribution >= 0.6 is 0 Å². The SMILES string of the molecule is CC(C)Oc1nc(N)nc(N(C)C(C)C(C)C)n1. The van der Waals surface area contributed by atoms with Gasteiger partial charge in [-0.3, -0.25) is 0 Å². The highest BCUT2D eigenvalue weighted by Gasteiger charge is 2.18. The summed E-state index contributed by atoms with van der Waals surface area (Å²) in [6, 6.07) is 0.578. The molecule has 1 aromatic heterocycles. The molecule has 0 aliphatic carbocycles. The van der Waals surface area contributed by atoms with Gasteiger partial charge in [-0.25, -0.2) is 0 Å². The number of anilines is 2. The molecule has 0 saturated heterocycles. The second-order valence-corrected chi connectivity index (χ2v) is 5.04. The molecule has 18 heavy (non-hydrogen) atoms. The van der Waals surface area contributed by atoms with Gasteiger partial charge in [-0.1, -0.05) is 13.8 Å². The zero-order valence-electron chi connectivity index (χ0n) is 12.0. The summed E-state index contributed by atoms with van der Waals surface area (Å²) >= 11 is 0. The number of nitrogens with zero attached hydrogens (tertiary/aromatic N) is 4. The molecule has 0 bridgehead atoms. The normalized spacial score (nSPS) is 12.9. The average molecular weight is 253 g/mol. The van der Waals surface area contributed by atoms with Gasteiger partial charge in [0.2, 0.25) is 11.9 Å². The van der Waals surface area contributed by atoms with Gasteiger partial charge in [0, 0.05) is 13.1 Å². The molecule has 0 radical (unpaired) electrons. The first-order chi connectivity index (χ1) is 8.31. The molecule has 1 unspecified atom stereocenters. The number of ether oxygens (including phenoxy) is 1. The second kappa shape index (κ2) is 5.84. The minimum atomic E-state index is 0.00692. The van der Waals surface area contributed by atoms with E-state index in [1.54, 1.807) is 0 Å². The molecule has 102 valence electrons. The number of nitrogen functional groups attached to an aromatic ring is 1. The van der Waals surface area contributed by atoms with Gasteiger partial charge in [0.15, 0.2) is 0 Å². The number of hydrogen-bond donors (Lipinski definition) is 1. The Kier molecular flexibility index (Phi) is 4.69. The molecule has 0 amide bonds. The molecular formula is C12H23N5O. The Bertz CT molecular complexity index is 394. The number of rotatable bonds is 5. The largest absolute Gasteiger partial charge is 0.461 e. The average Bonchev–Trinajstić information content (AvgIpc) is 2.25. The van der Waals surface area contributed by atoms with E-state index in [4.69, 9.17) is 10.5 Å². The number of hydrogen-bond acceptors (Lipinski definition) is 6. The Morgan fingerprint density at radius 2 is 1.67 bits per heavy atom. The molecular weight excluding hydrogens is 230 g/mol. The van der Waals surface area contributed by atoms with E-state index in [0.717, 1.165) is 0 Å². The van der Waals surface area contributed by atoms with E-state index in [-0.39, 0.29) is 18.1 Å². The zero-order valence-corrected chi connectivity index (χ0v) is 12.0. The van der Waals surface area contributed by atoms with Crippen molar-refractivity contribution in [3.63, 3.8) is 0 Å². The van der Waals surface area contributed by atoms with Gasteiger partial charge in [-0.05, 0) is 26.7 Å². The molecule has 6 heteroatoms. The lowest BCUT2D eigenvalue weighted by molar-refractivity contribution is 0.222. The van der Waals surface area contributed by atoms with Gasteiger partial charge < -0.3 is 15.4 Å². The van der Waals surface area contributed by atoms with Crippen LogP contribution in [0, 0.1) is 5.92 Å². The molecule has 0 aliphatic heterocycles. The van der Waals surface area contributed by atoms with Crippen molar-refractivity contribution in [1.29, 1.82) is 0 Å². The maximum absolute atomic E-state index is 5.68. The fraction of sp³-hybridized carbons (Fsp3) is 0.750. The molecule has 1 rings (SSSR count). The van der Waals surface area contributed by atoms with Crippen LogP contribution in [-0.4, -0.2) is 34.1 Å². The summed E-state index contributed by atoms with van der Waals surface area (Å²) < 4.78 is 5.46. The van der Waals surface area contributed by atoms with Gasteiger partial charge in [-0.15, -0.1) is 0 Å². The van der Waals surface area contributed by atoms with Crippen molar-refractivity contribution in [3.05, 3.63) is 0 Å². The molecule has 6 nitrogen and oxygen atoms in total. The molecule has 0 aliphatic rings. The molecule has 1 aromatic rings. The van der Waals surface area contributed by atoms with E-state index < -0.39 is 0 Å². The maximum Gasteiger partial charge on any atom is 0.323 e. The van der Waals surface area contributed by atoms with Crippen LogP contribution in [0.2, 0.25) is 0 Å². The fourth-order valence-corrected chi connectivity index (χ4v) is 1.41. The van der Waals surface area contributed by atoms with Gasteiger partial charge in [0.1, 0.15) is 0 Å². The van der Waals surface area contributed by atoms with Crippen LogP contribution in [0.15, 0.2) is 0 Å². The van der Waals surface area contributed by atoms with Gasteiger partial charge in [-0.2, -0.15) is 15.0 Å². The molecule has 0 aromatic carbocycles. The van der Waals surface area contributed by atoms with Crippen molar-refractivity contribution in [3.8, 4) is 6.01 Å². The molecule has 0 spiro atoms. The van der Waals surface area contributed by atoms with E-state index >= 15 is 0 Å². The fourth-order valence-electron chi connectivity index (χ4n) is 1.41. The van der Waals surface area contributed by atoms with Gasteiger partial charge in [0.25, 0.3) is 0 Å². The Hall–Kier alpha value is -1.59. The zero-order chi connectivity index (χ0) is 13.9. The highest BCUT2D eigenvalue weighted by molar-refractivity contribution is 5.36. The summed E-state index contributed by atoms with van der Waals surface area (Å²) in [7, 11) is 1.94. The summed E-state index contributed by atoms with van der Waals surface area (Å²) in [5.74, 6) is 1.21. The number of aromatic nitrogens is 3. The Balaban J connectivity index is 2.98. The van der Waals surface area contributed by atoms with Crippen LogP contribution in [0.25, 0.3) is 0 Å². The van der Waals surface area contributed by atoms with E-state index in [0.29, 0.717) is 17.9 Å². The topological polar surface area (TPSA) is 77.2 Å². The van der Waals surface area contributed by atoms with Crippen molar-refractivity contribution >= 4 is 11.9 Å². The lowest BCUT2D eigenvalue weighted by atomic mass is 10.1. The third-order valence-corrected chi connectivity index (χ3v) is 2.85. The second-order valence-electron chi connectivity index (χ2n) is 5.04. The van der Waals surface area contributed by atoms with E-state index in [1.165, 1.54) is 0 Å². The summed E-state index contributed by atoms with van der Waals surface area (Å²) in [4.78, 5) is 14.4. The summed E-state index contributed by atoms with van der Waals surface area (Å²) in [6.07, 6.45) is 0.00692. The van der Waals surface area contributed by atoms with Crippen LogP contribution in [0.5, 0.6) is 6.01 Å². The van der Waals surface area contributed by atoms with Crippen molar-refractivity contribution in [1.82, 2.24) is 15.0 Å². The predicted molar refractivity (Wildman–Crippen MR) is 72.7 cm³/mol. The highest BCUT2D eigenvalue weighted by atomic mass is 16.5. The Morgan fingerprint density at radius 1 is 1.06 bits per heavy atom. The molecule has 0 fully saturated rings. The van der Waals surface area contributed by atoms with Crippen molar-refractivity contribution in [2.24, 2.45) is 5.92 Å². The van der Waals surface area contributed by atoms with E-state index in [1.807, 2.05) is 25.8 Å². The molecule has 1 atom stereocenters. The molecule has 1 heterocycles. The van der Waals surface area contributed by atoms with E-state index in [9.17, 15) is 0 Å². The Morgan fingerprint density at radius 3 is 2.17 bits per heavy atom. The van der Waals surface area contributed by atoms with Crippen molar-refractivity contribution in [2.75, 3.05) is 17.7 Å². The van der Waals surface area contributed by atoms with Crippen LogP contribution in [0.4, 0.5) is 11.9 Å². The molecule has 0 saturated carbocycles. The van der Waals surface area contributed by atoms with E-state index in [2.05, 4.69) is 35.7 Å². The smallest absolute Gasteiger partial charge is 0.323 e. The standard InChI is InChI=1S/C12H23N5O/c1-7(2)9(5)17(6)11-14-10(13)15-12(16-11)18-8(3)4/h7-9H,1-6H3,(H2,13,14,15,16). The monoisotopic (exact) mass is 253 g/mol. The first kappa shape index (κ1) is 14.5. The maximum atomic E-state index is 5.68. The lowest BCUT2D eigenvalue weighted by Gasteiger charge is -2.28. The summed E-state index contributed by atoms with van der Waals surface area (Å²) in [6.45, 7) is 10.3. The summed E-state index contributed by atoms with van der Waals surface area (Å²) in [5.41, 5.74) is 5.68. The van der Waals surface area contributed by atoms with Crippen LogP contribution < -0.4 is 15.4 Å². The molecule has 2 N–H and O–H groups in total. The lowest BCUT2D eigenvalue weighted by Crippen LogP contribution is -2.34. The van der Waals surface area contributed by atoms with Crippen LogP contribution in [0.3, 0.4) is 0 Å². The van der Waals surface area contributed by atoms with Crippen molar-refractivity contribution < 1.29 is 4.74 Å². The van der Waals surface area contributed by atoms with Crippen LogP contribution in [-0.2, 0) is 0 Å². The first-order valence-corrected chi connectivity index (χ1v) is 6.22. The van der Waals surface area contributed by atoms with Gasteiger partial charge in [0.05, 0.1) is 6.10 Å². The quantitative estimate of drug-likeness (QED) is 0.861. The minimum Gasteiger partial charge on any atom is -0.461 e. The highest BCUT2D eigenvalue weighted by Crippen LogP contribution is 2.18. The third kappa shape index (κ3) is 3.72. The van der Waals surface area contributed by atoms with Crippen molar-refractivity contribution in [2.45, 2.75) is 46.8 Å². The minimum absolute atomic E-state index is 0.00692. The first-order valence-electron chi connectivity index (χ1n) is 6.22. The predicted octanol–water partition coefficient (Wildman–Crippen LogP) is 1.72.